The van der Waals surface area contributed by atoms with Gasteiger partial charge in [0.2, 0.25) is 0 Å². The molecule has 0 aromatic heterocycles. The van der Waals surface area contributed by atoms with Crippen LogP contribution in [0.25, 0.3) is 0 Å². The lowest BCUT2D eigenvalue weighted by molar-refractivity contribution is 0.0773. The first-order chi connectivity index (χ1) is 11.4. The maximum atomic E-state index is 12.4. The minimum Gasteiger partial charge on any atom is -0.339 e. The van der Waals surface area contributed by atoms with Gasteiger partial charge in [-0.05, 0) is 51.1 Å². The highest BCUT2D eigenvalue weighted by Gasteiger charge is 2.16. The van der Waals surface area contributed by atoms with Crippen LogP contribution in [0.2, 0.25) is 0 Å². The number of nitrogens with zero attached hydrogens (tertiary/aromatic N) is 1. The molecule has 1 N–H and O–H groups in total. The van der Waals surface area contributed by atoms with Gasteiger partial charge in [-0.1, -0.05) is 23.8 Å². The molecule has 0 aliphatic carbocycles. The van der Waals surface area contributed by atoms with Gasteiger partial charge >= 0.3 is 0 Å². The van der Waals surface area contributed by atoms with Gasteiger partial charge in [0, 0.05) is 24.3 Å². The number of carbonyl (C=O) groups excluding carboxylic acids is 1. The van der Waals surface area contributed by atoms with Crippen molar-refractivity contribution in [1.29, 1.82) is 0 Å². The van der Waals surface area contributed by atoms with Crippen LogP contribution in [-0.4, -0.2) is 32.3 Å². The fourth-order valence-corrected chi connectivity index (χ4v) is 3.39. The molecule has 2 aromatic carbocycles. The Morgan fingerprint density at radius 2 is 1.67 bits per heavy atom. The third-order valence-electron chi connectivity index (χ3n) is 3.74. The molecular weight excluding hydrogens is 324 g/mol. The number of rotatable bonds is 6. The van der Waals surface area contributed by atoms with Gasteiger partial charge in [-0.2, -0.15) is 0 Å². The van der Waals surface area contributed by atoms with Crippen molar-refractivity contribution in [1.82, 2.24) is 4.90 Å². The highest BCUT2D eigenvalue weighted by Crippen LogP contribution is 2.18. The molecule has 0 atom stereocenters. The number of hydrogen-bond donors (Lipinski definition) is 1. The minimum atomic E-state index is -3.68. The first kappa shape index (κ1) is 18.0. The Morgan fingerprint density at radius 1 is 1.04 bits per heavy atom. The lowest BCUT2D eigenvalue weighted by atomic mass is 10.2. The standard InChI is InChI=1S/C18H22N2O3S/c1-4-20(5-2)18(21)15-7-6-8-16(13-15)19-24(22,23)17-11-9-14(3)10-12-17/h6-13,19H,4-5H2,1-3H3. The Hall–Kier alpha value is -2.34. The topological polar surface area (TPSA) is 66.5 Å². The molecule has 6 heteroatoms. The van der Waals surface area contributed by atoms with E-state index in [1.807, 2.05) is 20.8 Å². The Bertz CT molecular complexity index is 810. The Morgan fingerprint density at radius 3 is 2.25 bits per heavy atom. The van der Waals surface area contributed by atoms with E-state index in [0.717, 1.165) is 5.56 Å². The number of aryl methyl sites for hydroxylation is 1. The SMILES string of the molecule is CCN(CC)C(=O)c1cccc(NS(=O)(=O)c2ccc(C)cc2)c1. The van der Waals surface area contributed by atoms with Crippen molar-refractivity contribution in [3.8, 4) is 0 Å². The second-order valence-corrected chi connectivity index (χ2v) is 7.16. The molecule has 0 aliphatic rings. The second kappa shape index (κ2) is 7.49. The zero-order valence-electron chi connectivity index (χ0n) is 14.1. The monoisotopic (exact) mass is 346 g/mol. The molecule has 0 radical (unpaired) electrons. The molecule has 128 valence electrons. The van der Waals surface area contributed by atoms with Crippen molar-refractivity contribution >= 4 is 21.6 Å². The second-order valence-electron chi connectivity index (χ2n) is 5.48. The highest BCUT2D eigenvalue weighted by molar-refractivity contribution is 7.92. The molecule has 24 heavy (non-hydrogen) atoms. The number of carbonyl (C=O) groups is 1. The van der Waals surface area contributed by atoms with Crippen molar-refractivity contribution in [2.75, 3.05) is 17.8 Å². The number of amides is 1. The largest absolute Gasteiger partial charge is 0.339 e. The van der Waals surface area contributed by atoms with Crippen LogP contribution in [0.15, 0.2) is 53.4 Å². The van der Waals surface area contributed by atoms with E-state index in [9.17, 15) is 13.2 Å². The molecule has 0 unspecified atom stereocenters. The van der Waals surface area contributed by atoms with Crippen LogP contribution in [0.4, 0.5) is 5.69 Å². The number of sulfonamides is 1. The van der Waals surface area contributed by atoms with Crippen LogP contribution in [-0.2, 0) is 10.0 Å². The van der Waals surface area contributed by atoms with E-state index >= 15 is 0 Å². The van der Waals surface area contributed by atoms with Crippen LogP contribution in [0.1, 0.15) is 29.8 Å². The molecule has 5 nitrogen and oxygen atoms in total. The summed E-state index contributed by atoms with van der Waals surface area (Å²) < 4.78 is 27.4. The predicted molar refractivity (Wildman–Crippen MR) is 95.7 cm³/mol. The Labute approximate surface area is 143 Å². The summed E-state index contributed by atoms with van der Waals surface area (Å²) in [5.74, 6) is -0.114. The summed E-state index contributed by atoms with van der Waals surface area (Å²) >= 11 is 0. The highest BCUT2D eigenvalue weighted by atomic mass is 32.2. The van der Waals surface area contributed by atoms with Crippen molar-refractivity contribution in [3.05, 3.63) is 59.7 Å². The number of anilines is 1. The lowest BCUT2D eigenvalue weighted by Gasteiger charge is -2.19. The summed E-state index contributed by atoms with van der Waals surface area (Å²) in [6.45, 7) is 6.92. The van der Waals surface area contributed by atoms with Gasteiger partial charge < -0.3 is 4.90 Å². The zero-order chi connectivity index (χ0) is 17.7. The Balaban J connectivity index is 2.26. The van der Waals surface area contributed by atoms with Crippen LogP contribution in [0.3, 0.4) is 0 Å². The lowest BCUT2D eigenvalue weighted by Crippen LogP contribution is -2.30. The molecule has 0 aliphatic heterocycles. The van der Waals surface area contributed by atoms with Crippen molar-refractivity contribution in [2.24, 2.45) is 0 Å². The van der Waals surface area contributed by atoms with E-state index in [2.05, 4.69) is 4.72 Å². The summed E-state index contributed by atoms with van der Waals surface area (Å²) in [4.78, 5) is 14.3. The van der Waals surface area contributed by atoms with E-state index in [0.29, 0.717) is 24.3 Å². The van der Waals surface area contributed by atoms with Gasteiger partial charge in [0.1, 0.15) is 0 Å². The smallest absolute Gasteiger partial charge is 0.261 e. The maximum Gasteiger partial charge on any atom is 0.261 e. The summed E-state index contributed by atoms with van der Waals surface area (Å²) in [5.41, 5.74) is 1.82. The molecule has 2 rings (SSSR count). The third-order valence-corrected chi connectivity index (χ3v) is 5.14. The molecule has 0 fully saturated rings. The van der Waals surface area contributed by atoms with Crippen LogP contribution < -0.4 is 4.72 Å². The zero-order valence-corrected chi connectivity index (χ0v) is 14.9. The molecule has 0 spiro atoms. The molecular formula is C18H22N2O3S. The van der Waals surface area contributed by atoms with Crippen LogP contribution >= 0.6 is 0 Å². The molecule has 2 aromatic rings. The number of nitrogens with one attached hydrogen (secondary N) is 1. The number of hydrogen-bond acceptors (Lipinski definition) is 3. The van der Waals surface area contributed by atoms with E-state index in [4.69, 9.17) is 0 Å². The first-order valence-electron chi connectivity index (χ1n) is 7.86. The minimum absolute atomic E-state index is 0.114. The van der Waals surface area contributed by atoms with E-state index < -0.39 is 10.0 Å². The summed E-state index contributed by atoms with van der Waals surface area (Å²) in [7, 11) is -3.68. The molecule has 0 heterocycles. The summed E-state index contributed by atoms with van der Waals surface area (Å²) in [6, 6.07) is 13.2. The van der Waals surface area contributed by atoms with E-state index in [1.165, 1.54) is 0 Å². The van der Waals surface area contributed by atoms with E-state index in [-0.39, 0.29) is 10.8 Å². The van der Waals surface area contributed by atoms with Gasteiger partial charge in [-0.25, -0.2) is 8.42 Å². The maximum absolute atomic E-state index is 12.4. The first-order valence-corrected chi connectivity index (χ1v) is 9.34. The molecule has 0 saturated heterocycles. The number of benzene rings is 2. The van der Waals surface area contributed by atoms with Crippen molar-refractivity contribution in [3.63, 3.8) is 0 Å². The van der Waals surface area contributed by atoms with E-state index in [1.54, 1.807) is 53.4 Å². The van der Waals surface area contributed by atoms with Gasteiger partial charge in [0.05, 0.1) is 4.90 Å². The van der Waals surface area contributed by atoms with Crippen molar-refractivity contribution in [2.45, 2.75) is 25.7 Å². The fourth-order valence-electron chi connectivity index (χ4n) is 2.34. The predicted octanol–water partition coefficient (Wildman–Crippen LogP) is 3.28. The summed E-state index contributed by atoms with van der Waals surface area (Å²) in [6.07, 6.45) is 0. The van der Waals surface area contributed by atoms with Gasteiger partial charge in [-0.3, -0.25) is 9.52 Å². The van der Waals surface area contributed by atoms with Crippen molar-refractivity contribution < 1.29 is 13.2 Å². The van der Waals surface area contributed by atoms with Crippen LogP contribution in [0.5, 0.6) is 0 Å². The summed E-state index contributed by atoms with van der Waals surface area (Å²) in [5, 5.41) is 0. The quantitative estimate of drug-likeness (QED) is 0.873. The average Bonchev–Trinajstić information content (AvgIpc) is 2.56. The normalized spacial score (nSPS) is 11.1. The van der Waals surface area contributed by atoms with Crippen LogP contribution in [0, 0.1) is 6.92 Å². The fraction of sp³-hybridized carbons (Fsp3) is 0.278. The molecule has 0 bridgehead atoms. The Kier molecular flexibility index (Phi) is 5.62. The van der Waals surface area contributed by atoms with Gasteiger partial charge in [-0.15, -0.1) is 0 Å². The molecule has 1 amide bonds. The third kappa shape index (κ3) is 4.14. The van der Waals surface area contributed by atoms with Gasteiger partial charge in [0.25, 0.3) is 15.9 Å². The molecule has 0 saturated carbocycles. The van der Waals surface area contributed by atoms with Gasteiger partial charge in [0.15, 0.2) is 0 Å². The average molecular weight is 346 g/mol.